The van der Waals surface area contributed by atoms with Crippen LogP contribution in [0.5, 0.6) is 0 Å². The van der Waals surface area contributed by atoms with E-state index in [1.165, 1.54) is 30.5 Å². The maximum Gasteiger partial charge on any atom is 0.0586 e. The van der Waals surface area contributed by atoms with Crippen molar-refractivity contribution in [3.05, 3.63) is 41.9 Å². The summed E-state index contributed by atoms with van der Waals surface area (Å²) < 4.78 is 0. The molecule has 0 radical (unpaired) electrons. The fourth-order valence-electron chi connectivity index (χ4n) is 2.32. The Morgan fingerprint density at radius 1 is 1.50 bits per heavy atom. The molecule has 2 rings (SSSR count). The summed E-state index contributed by atoms with van der Waals surface area (Å²) in [7, 11) is 2.20. The molecular formula is C14H20N2. The predicted octanol–water partition coefficient (Wildman–Crippen LogP) is 3.53. The summed E-state index contributed by atoms with van der Waals surface area (Å²) in [5, 5.41) is 0. The number of hydrogen-bond acceptors (Lipinski definition) is 2. The largest absolute Gasteiger partial charge is 0.371 e. The van der Waals surface area contributed by atoms with E-state index < -0.39 is 0 Å². The number of unbranched alkanes of at least 4 members (excludes halogenated alkanes) is 1. The van der Waals surface area contributed by atoms with Crippen molar-refractivity contribution in [2.45, 2.75) is 38.6 Å². The third kappa shape index (κ3) is 2.26. The van der Waals surface area contributed by atoms with Gasteiger partial charge in [0.25, 0.3) is 0 Å². The van der Waals surface area contributed by atoms with Gasteiger partial charge in [0.2, 0.25) is 0 Å². The zero-order valence-electron chi connectivity index (χ0n) is 10.2. The molecule has 0 aromatic carbocycles. The molecule has 0 N–H and O–H groups in total. The molecule has 1 aromatic rings. The SMILES string of the molecule is CCCCC1=CCC(c2cccnc2)N1C. The van der Waals surface area contributed by atoms with Crippen LogP contribution in [0.15, 0.2) is 36.3 Å². The molecule has 0 saturated heterocycles. The van der Waals surface area contributed by atoms with Gasteiger partial charge in [-0.1, -0.05) is 25.5 Å². The zero-order chi connectivity index (χ0) is 11.4. The summed E-state index contributed by atoms with van der Waals surface area (Å²) >= 11 is 0. The molecule has 1 unspecified atom stereocenters. The topological polar surface area (TPSA) is 16.1 Å². The third-order valence-electron chi connectivity index (χ3n) is 3.35. The van der Waals surface area contributed by atoms with Crippen LogP contribution in [-0.4, -0.2) is 16.9 Å². The highest BCUT2D eigenvalue weighted by Gasteiger charge is 2.23. The van der Waals surface area contributed by atoms with Crippen LogP contribution in [0, 0.1) is 0 Å². The van der Waals surface area contributed by atoms with Gasteiger partial charge in [-0.2, -0.15) is 0 Å². The number of allylic oxidation sites excluding steroid dienone is 1. The predicted molar refractivity (Wildman–Crippen MR) is 67.0 cm³/mol. The maximum absolute atomic E-state index is 4.20. The van der Waals surface area contributed by atoms with Crippen LogP contribution in [0.4, 0.5) is 0 Å². The average Bonchev–Trinajstić information content (AvgIpc) is 2.69. The molecule has 16 heavy (non-hydrogen) atoms. The third-order valence-corrected chi connectivity index (χ3v) is 3.35. The molecule has 0 saturated carbocycles. The fraction of sp³-hybridized carbons (Fsp3) is 0.500. The smallest absolute Gasteiger partial charge is 0.0586 e. The number of hydrogen-bond donors (Lipinski definition) is 0. The van der Waals surface area contributed by atoms with E-state index in [-0.39, 0.29) is 0 Å². The first-order chi connectivity index (χ1) is 7.83. The van der Waals surface area contributed by atoms with Crippen LogP contribution in [0.25, 0.3) is 0 Å². The summed E-state index contributed by atoms with van der Waals surface area (Å²) in [5.41, 5.74) is 2.82. The fourth-order valence-corrected chi connectivity index (χ4v) is 2.32. The van der Waals surface area contributed by atoms with Gasteiger partial charge in [-0.25, -0.2) is 0 Å². The monoisotopic (exact) mass is 216 g/mol. The molecule has 2 nitrogen and oxygen atoms in total. The van der Waals surface area contributed by atoms with Gasteiger partial charge in [-0.05, 0) is 30.9 Å². The number of nitrogens with zero attached hydrogens (tertiary/aromatic N) is 2. The molecule has 0 spiro atoms. The van der Waals surface area contributed by atoms with E-state index in [1.54, 1.807) is 0 Å². The minimum absolute atomic E-state index is 0.501. The lowest BCUT2D eigenvalue weighted by atomic mass is 10.1. The second-order valence-corrected chi connectivity index (χ2v) is 4.45. The Hall–Kier alpha value is -1.31. The van der Waals surface area contributed by atoms with E-state index in [2.05, 4.69) is 36.0 Å². The summed E-state index contributed by atoms with van der Waals surface area (Å²) in [6, 6.07) is 4.69. The molecule has 1 atom stereocenters. The van der Waals surface area contributed by atoms with Gasteiger partial charge in [-0.15, -0.1) is 0 Å². The van der Waals surface area contributed by atoms with Crippen LogP contribution in [0.3, 0.4) is 0 Å². The van der Waals surface area contributed by atoms with Gasteiger partial charge in [-0.3, -0.25) is 4.98 Å². The minimum Gasteiger partial charge on any atom is -0.371 e. The Morgan fingerprint density at radius 3 is 3.06 bits per heavy atom. The van der Waals surface area contributed by atoms with Crippen molar-refractivity contribution >= 4 is 0 Å². The van der Waals surface area contributed by atoms with Crippen LogP contribution in [0.2, 0.25) is 0 Å². The van der Waals surface area contributed by atoms with Gasteiger partial charge in [0.05, 0.1) is 6.04 Å². The summed E-state index contributed by atoms with van der Waals surface area (Å²) in [5.74, 6) is 0. The lowest BCUT2D eigenvalue weighted by Crippen LogP contribution is -2.18. The Labute approximate surface area is 98.0 Å². The standard InChI is InChI=1S/C14H20N2/c1-3-4-7-13-8-9-14(16(13)2)12-6-5-10-15-11-12/h5-6,8,10-11,14H,3-4,7,9H2,1-2H3. The average molecular weight is 216 g/mol. The molecule has 2 heterocycles. The van der Waals surface area contributed by atoms with Crippen molar-refractivity contribution in [2.75, 3.05) is 7.05 Å². The van der Waals surface area contributed by atoms with Gasteiger partial charge in [0.1, 0.15) is 0 Å². The number of rotatable bonds is 4. The van der Waals surface area contributed by atoms with E-state index in [0.29, 0.717) is 6.04 Å². The zero-order valence-corrected chi connectivity index (χ0v) is 10.2. The van der Waals surface area contributed by atoms with Crippen LogP contribution < -0.4 is 0 Å². The van der Waals surface area contributed by atoms with E-state index in [4.69, 9.17) is 0 Å². The molecular weight excluding hydrogens is 196 g/mol. The Bertz CT molecular complexity index is 356. The molecule has 2 heteroatoms. The van der Waals surface area contributed by atoms with Crippen molar-refractivity contribution < 1.29 is 0 Å². The van der Waals surface area contributed by atoms with E-state index in [9.17, 15) is 0 Å². The number of aromatic nitrogens is 1. The first-order valence-corrected chi connectivity index (χ1v) is 6.14. The number of pyridine rings is 1. The van der Waals surface area contributed by atoms with E-state index >= 15 is 0 Å². The van der Waals surface area contributed by atoms with Crippen molar-refractivity contribution in [2.24, 2.45) is 0 Å². The van der Waals surface area contributed by atoms with Crippen molar-refractivity contribution in [1.29, 1.82) is 0 Å². The van der Waals surface area contributed by atoms with Crippen LogP contribution >= 0.6 is 0 Å². The highest BCUT2D eigenvalue weighted by molar-refractivity contribution is 5.22. The highest BCUT2D eigenvalue weighted by Crippen LogP contribution is 2.34. The molecule has 86 valence electrons. The lowest BCUT2D eigenvalue weighted by Gasteiger charge is -2.25. The Morgan fingerprint density at radius 2 is 2.38 bits per heavy atom. The molecule has 1 aromatic heterocycles. The van der Waals surface area contributed by atoms with Crippen LogP contribution in [-0.2, 0) is 0 Å². The Balaban J connectivity index is 2.02. The van der Waals surface area contributed by atoms with Gasteiger partial charge in [0, 0.05) is 25.1 Å². The quantitative estimate of drug-likeness (QED) is 0.765. The molecule has 0 aliphatic carbocycles. The summed E-state index contributed by atoms with van der Waals surface area (Å²) in [6.07, 6.45) is 11.1. The second kappa shape index (κ2) is 5.15. The van der Waals surface area contributed by atoms with E-state index in [1.807, 2.05) is 18.5 Å². The minimum atomic E-state index is 0.501. The van der Waals surface area contributed by atoms with Crippen LogP contribution in [0.1, 0.15) is 44.2 Å². The Kier molecular flexibility index (Phi) is 3.60. The maximum atomic E-state index is 4.20. The van der Waals surface area contributed by atoms with E-state index in [0.717, 1.165) is 6.42 Å². The normalized spacial score (nSPS) is 20.0. The van der Waals surface area contributed by atoms with Gasteiger partial charge >= 0.3 is 0 Å². The molecule has 0 bridgehead atoms. The van der Waals surface area contributed by atoms with Crippen molar-refractivity contribution in [3.8, 4) is 0 Å². The molecule has 0 fully saturated rings. The first-order valence-electron chi connectivity index (χ1n) is 6.14. The molecule has 1 aliphatic heterocycles. The second-order valence-electron chi connectivity index (χ2n) is 4.45. The summed E-state index contributed by atoms with van der Waals surface area (Å²) in [6.45, 7) is 2.24. The summed E-state index contributed by atoms with van der Waals surface area (Å²) in [4.78, 5) is 6.61. The molecule has 0 amide bonds. The lowest BCUT2D eigenvalue weighted by molar-refractivity contribution is 0.329. The van der Waals surface area contributed by atoms with Crippen molar-refractivity contribution in [1.82, 2.24) is 9.88 Å². The first kappa shape index (κ1) is 11.2. The highest BCUT2D eigenvalue weighted by atomic mass is 15.2. The molecule has 1 aliphatic rings. The van der Waals surface area contributed by atoms with Gasteiger partial charge < -0.3 is 4.90 Å². The van der Waals surface area contributed by atoms with Crippen molar-refractivity contribution in [3.63, 3.8) is 0 Å². The van der Waals surface area contributed by atoms with Gasteiger partial charge in [0.15, 0.2) is 0 Å².